The summed E-state index contributed by atoms with van der Waals surface area (Å²) in [6.07, 6.45) is 1.85. The van der Waals surface area contributed by atoms with Gasteiger partial charge in [-0.1, -0.05) is 18.2 Å². The molecular weight excluding hydrogens is 216 g/mol. The summed E-state index contributed by atoms with van der Waals surface area (Å²) in [7, 11) is 0. The van der Waals surface area contributed by atoms with Crippen LogP contribution in [0.15, 0.2) is 36.5 Å². The Kier molecular flexibility index (Phi) is 1.92. The number of carboxylic acids is 1. The summed E-state index contributed by atoms with van der Waals surface area (Å²) in [6.45, 7) is 1.85. The van der Waals surface area contributed by atoms with E-state index in [1.807, 2.05) is 47.9 Å². The molecule has 4 heteroatoms. The van der Waals surface area contributed by atoms with Crippen LogP contribution >= 0.6 is 0 Å². The number of fused-ring (bicyclic) bond motifs is 3. The molecule has 0 atom stereocenters. The first-order chi connectivity index (χ1) is 8.18. The Labute approximate surface area is 97.1 Å². The van der Waals surface area contributed by atoms with Gasteiger partial charge in [0.05, 0.1) is 5.52 Å². The van der Waals surface area contributed by atoms with E-state index in [9.17, 15) is 9.90 Å². The monoisotopic (exact) mass is 226 g/mol. The van der Waals surface area contributed by atoms with Gasteiger partial charge in [-0.15, -0.1) is 0 Å². The largest absolute Gasteiger partial charge is 0.478 e. The lowest BCUT2D eigenvalue weighted by Crippen LogP contribution is -1.98. The summed E-state index contributed by atoms with van der Waals surface area (Å²) >= 11 is 0. The van der Waals surface area contributed by atoms with Gasteiger partial charge < -0.3 is 9.51 Å². The number of aromatic nitrogens is 2. The second-order valence-corrected chi connectivity index (χ2v) is 3.96. The molecule has 4 nitrogen and oxygen atoms in total. The Bertz CT molecular complexity index is 744. The molecule has 84 valence electrons. The van der Waals surface area contributed by atoms with E-state index in [1.54, 1.807) is 0 Å². The highest BCUT2D eigenvalue weighted by atomic mass is 16.4. The van der Waals surface area contributed by atoms with Crippen molar-refractivity contribution >= 4 is 22.5 Å². The maximum Gasteiger partial charge on any atom is 0.340 e. The Balaban J connectivity index is 2.62. The van der Waals surface area contributed by atoms with Gasteiger partial charge in [0.15, 0.2) is 5.65 Å². The zero-order valence-corrected chi connectivity index (χ0v) is 9.21. The van der Waals surface area contributed by atoms with Crippen molar-refractivity contribution in [3.05, 3.63) is 47.8 Å². The molecule has 2 aromatic heterocycles. The second kappa shape index (κ2) is 3.31. The summed E-state index contributed by atoms with van der Waals surface area (Å²) in [4.78, 5) is 15.7. The number of hydrogen-bond acceptors (Lipinski definition) is 2. The third-order valence-electron chi connectivity index (χ3n) is 2.85. The van der Waals surface area contributed by atoms with Gasteiger partial charge in [0.25, 0.3) is 0 Å². The fourth-order valence-corrected chi connectivity index (χ4v) is 2.11. The number of carboxylic acid groups (broad SMARTS) is 1. The maximum absolute atomic E-state index is 11.3. The van der Waals surface area contributed by atoms with Crippen LogP contribution in [0.1, 0.15) is 16.1 Å². The van der Waals surface area contributed by atoms with Gasteiger partial charge in [0.2, 0.25) is 0 Å². The zero-order chi connectivity index (χ0) is 12.0. The number of nitrogens with zero attached hydrogens (tertiary/aromatic N) is 2. The molecule has 0 saturated carbocycles. The quantitative estimate of drug-likeness (QED) is 0.693. The van der Waals surface area contributed by atoms with Crippen LogP contribution in [0.3, 0.4) is 0 Å². The van der Waals surface area contributed by atoms with E-state index in [0.717, 1.165) is 16.6 Å². The van der Waals surface area contributed by atoms with Crippen LogP contribution in [0, 0.1) is 6.92 Å². The number of aromatic carboxylic acids is 1. The molecule has 3 rings (SSSR count). The molecule has 0 saturated heterocycles. The van der Waals surface area contributed by atoms with E-state index in [4.69, 9.17) is 0 Å². The molecule has 2 heterocycles. The minimum absolute atomic E-state index is 0.268. The van der Waals surface area contributed by atoms with Gasteiger partial charge in [0, 0.05) is 17.3 Å². The predicted molar refractivity (Wildman–Crippen MR) is 64.4 cm³/mol. The molecular formula is C13H10N2O2. The van der Waals surface area contributed by atoms with E-state index in [-0.39, 0.29) is 5.56 Å². The SMILES string of the molecule is Cc1ccn2c(n1)c(C(=O)O)c1ccccc12. The van der Waals surface area contributed by atoms with Crippen molar-refractivity contribution in [1.82, 2.24) is 9.38 Å². The number of para-hydroxylation sites is 1. The van der Waals surface area contributed by atoms with E-state index >= 15 is 0 Å². The first-order valence-electron chi connectivity index (χ1n) is 5.28. The number of aryl methyl sites for hydroxylation is 1. The molecule has 0 spiro atoms. The maximum atomic E-state index is 11.3. The molecule has 3 aromatic rings. The van der Waals surface area contributed by atoms with Crippen LogP contribution in [0.4, 0.5) is 0 Å². The topological polar surface area (TPSA) is 54.6 Å². The van der Waals surface area contributed by atoms with E-state index in [0.29, 0.717) is 5.65 Å². The average molecular weight is 226 g/mol. The van der Waals surface area contributed by atoms with Crippen LogP contribution in [0.25, 0.3) is 16.6 Å². The van der Waals surface area contributed by atoms with Crippen molar-refractivity contribution in [2.45, 2.75) is 6.92 Å². The second-order valence-electron chi connectivity index (χ2n) is 3.96. The summed E-state index contributed by atoms with van der Waals surface area (Å²) in [6, 6.07) is 9.29. The molecule has 17 heavy (non-hydrogen) atoms. The highest BCUT2D eigenvalue weighted by Gasteiger charge is 2.17. The average Bonchev–Trinajstić information content (AvgIpc) is 2.62. The lowest BCUT2D eigenvalue weighted by molar-refractivity contribution is 0.0701. The summed E-state index contributed by atoms with van der Waals surface area (Å²) in [5, 5.41) is 10.0. The number of carbonyl (C=O) groups is 1. The van der Waals surface area contributed by atoms with E-state index in [1.165, 1.54) is 0 Å². The first kappa shape index (κ1) is 9.84. The molecule has 0 amide bonds. The third-order valence-corrected chi connectivity index (χ3v) is 2.85. The summed E-state index contributed by atoms with van der Waals surface area (Å²) in [5.41, 5.74) is 2.44. The van der Waals surface area contributed by atoms with Gasteiger partial charge in [-0.2, -0.15) is 0 Å². The number of benzene rings is 1. The fourth-order valence-electron chi connectivity index (χ4n) is 2.11. The molecule has 1 N–H and O–H groups in total. The third kappa shape index (κ3) is 1.30. The molecule has 0 aliphatic heterocycles. The standard InChI is InChI=1S/C13H10N2O2/c1-8-6-7-15-10-5-3-2-4-9(10)11(13(16)17)12(15)14-8/h2-7H,1H3,(H,16,17). The van der Waals surface area contributed by atoms with Crippen molar-refractivity contribution in [1.29, 1.82) is 0 Å². The van der Waals surface area contributed by atoms with Crippen LogP contribution in [-0.2, 0) is 0 Å². The molecule has 0 radical (unpaired) electrons. The Morgan fingerprint density at radius 2 is 2.06 bits per heavy atom. The van der Waals surface area contributed by atoms with Crippen molar-refractivity contribution in [2.75, 3.05) is 0 Å². The predicted octanol–water partition coefficient (Wildman–Crippen LogP) is 2.49. The fraction of sp³-hybridized carbons (Fsp3) is 0.0769. The molecule has 0 bridgehead atoms. The first-order valence-corrected chi connectivity index (χ1v) is 5.28. The van der Waals surface area contributed by atoms with Crippen LogP contribution < -0.4 is 0 Å². The Morgan fingerprint density at radius 3 is 2.82 bits per heavy atom. The molecule has 1 aromatic carbocycles. The molecule has 0 aliphatic rings. The summed E-state index contributed by atoms with van der Waals surface area (Å²) < 4.78 is 1.81. The van der Waals surface area contributed by atoms with Crippen LogP contribution in [-0.4, -0.2) is 20.5 Å². The highest BCUT2D eigenvalue weighted by molar-refractivity contribution is 6.10. The van der Waals surface area contributed by atoms with E-state index in [2.05, 4.69) is 4.98 Å². The van der Waals surface area contributed by atoms with E-state index < -0.39 is 5.97 Å². The van der Waals surface area contributed by atoms with Crippen molar-refractivity contribution in [3.8, 4) is 0 Å². The van der Waals surface area contributed by atoms with Crippen molar-refractivity contribution in [2.24, 2.45) is 0 Å². The molecule has 0 fully saturated rings. The summed E-state index contributed by atoms with van der Waals surface area (Å²) in [5.74, 6) is -0.943. The Hall–Kier alpha value is -2.36. The van der Waals surface area contributed by atoms with Gasteiger partial charge in [0.1, 0.15) is 5.56 Å². The van der Waals surface area contributed by atoms with Gasteiger partial charge >= 0.3 is 5.97 Å². The van der Waals surface area contributed by atoms with Gasteiger partial charge in [-0.25, -0.2) is 9.78 Å². The number of hydrogen-bond donors (Lipinski definition) is 1. The van der Waals surface area contributed by atoms with Gasteiger partial charge in [-0.05, 0) is 19.1 Å². The zero-order valence-electron chi connectivity index (χ0n) is 9.21. The highest BCUT2D eigenvalue weighted by Crippen LogP contribution is 2.25. The minimum Gasteiger partial charge on any atom is -0.478 e. The lowest BCUT2D eigenvalue weighted by Gasteiger charge is -1.97. The van der Waals surface area contributed by atoms with Crippen LogP contribution in [0.2, 0.25) is 0 Å². The van der Waals surface area contributed by atoms with Crippen molar-refractivity contribution in [3.63, 3.8) is 0 Å². The normalized spacial score (nSPS) is 11.1. The Morgan fingerprint density at radius 1 is 1.29 bits per heavy atom. The lowest BCUT2D eigenvalue weighted by atomic mass is 10.2. The van der Waals surface area contributed by atoms with Crippen LogP contribution in [0.5, 0.6) is 0 Å². The van der Waals surface area contributed by atoms with Gasteiger partial charge in [-0.3, -0.25) is 0 Å². The molecule has 0 aliphatic carbocycles. The number of rotatable bonds is 1. The molecule has 0 unspecified atom stereocenters. The minimum atomic E-state index is -0.943. The van der Waals surface area contributed by atoms with Crippen molar-refractivity contribution < 1.29 is 9.90 Å². The smallest absolute Gasteiger partial charge is 0.340 e.